The molecule has 0 radical (unpaired) electrons. The summed E-state index contributed by atoms with van der Waals surface area (Å²) in [5.74, 6) is 0. The molecule has 7 heavy (non-hydrogen) atoms. The van der Waals surface area contributed by atoms with Gasteiger partial charge in [0.1, 0.15) is 0 Å². The standard InChI is InChI=1S/Ca.6H2O.H2.2H/h;6*1H2;1H;;/q+2;;;;;;;;2*-1. The van der Waals surface area contributed by atoms with Crippen molar-refractivity contribution in [1.29, 1.82) is 0 Å². The molecule has 0 aromatic heterocycles. The summed E-state index contributed by atoms with van der Waals surface area (Å²) in [6.07, 6.45) is 0. The summed E-state index contributed by atoms with van der Waals surface area (Å²) < 4.78 is 0. The molecular weight excluding hydrogens is 136 g/mol. The van der Waals surface area contributed by atoms with Crippen LogP contribution >= 0.6 is 0 Å². The molecule has 0 rings (SSSR count). The second-order valence-electron chi connectivity index (χ2n) is 0. The molecule has 0 saturated carbocycles. The van der Waals surface area contributed by atoms with Gasteiger partial charge in [0.15, 0.2) is 0 Å². The molecule has 0 amide bonds. The Balaban J connectivity index is 0. The fourth-order valence-corrected chi connectivity index (χ4v) is 0. The summed E-state index contributed by atoms with van der Waals surface area (Å²) in [5, 5.41) is 0. The van der Waals surface area contributed by atoms with E-state index in [1.807, 2.05) is 0 Å². The van der Waals surface area contributed by atoms with Crippen LogP contribution in [-0.4, -0.2) is 70.6 Å². The van der Waals surface area contributed by atoms with Crippen LogP contribution in [0.15, 0.2) is 0 Å². The third-order valence-corrected chi connectivity index (χ3v) is 0. The number of rotatable bonds is 0. The molecule has 0 saturated heterocycles. The van der Waals surface area contributed by atoms with Crippen molar-refractivity contribution in [1.82, 2.24) is 0 Å². The molecule has 0 atom stereocenters. The second kappa shape index (κ2) is 245. The van der Waals surface area contributed by atoms with Gasteiger partial charge in [-0.2, -0.15) is 0 Å². The van der Waals surface area contributed by atoms with Crippen molar-refractivity contribution in [2.75, 3.05) is 0 Å². The molecule has 6 nitrogen and oxygen atoms in total. The molecule has 0 aromatic carbocycles. The minimum atomic E-state index is 0. The van der Waals surface area contributed by atoms with E-state index in [0.717, 1.165) is 0 Å². The second-order valence-corrected chi connectivity index (χ2v) is 0. The fourth-order valence-electron chi connectivity index (χ4n) is 0. The average molecular weight is 152 g/mol. The van der Waals surface area contributed by atoms with Gasteiger partial charge in [-0.05, 0) is 0 Å². The fraction of sp³-hybridized carbons (Fsp3) is 0. The van der Waals surface area contributed by atoms with Crippen LogP contribution in [0.1, 0.15) is 4.28 Å². The first-order chi connectivity index (χ1) is 0. The van der Waals surface area contributed by atoms with Crippen molar-refractivity contribution in [3.8, 4) is 0 Å². The molecular formula is H16CaO6. The molecule has 0 bridgehead atoms. The summed E-state index contributed by atoms with van der Waals surface area (Å²) in [6.45, 7) is 0. The topological polar surface area (TPSA) is 189 Å². The molecule has 0 fully saturated rings. The van der Waals surface area contributed by atoms with E-state index in [1.165, 1.54) is 0 Å². The first-order valence-electron chi connectivity index (χ1n) is 0. The third-order valence-electron chi connectivity index (χ3n) is 0. The minimum absolute atomic E-state index is 0. The summed E-state index contributed by atoms with van der Waals surface area (Å²) >= 11 is 0. The summed E-state index contributed by atoms with van der Waals surface area (Å²) in [5.41, 5.74) is 0. The zero-order chi connectivity index (χ0) is 0. The molecule has 54 valence electrons. The van der Waals surface area contributed by atoms with Crippen LogP contribution in [0.5, 0.6) is 0 Å². The first-order valence-corrected chi connectivity index (χ1v) is 0. The van der Waals surface area contributed by atoms with Crippen LogP contribution in [0, 0.1) is 0 Å². The Hall–Kier alpha value is 1.02. The van der Waals surface area contributed by atoms with Gasteiger partial charge in [0.2, 0.25) is 0 Å². The molecule has 0 unspecified atom stereocenters. The van der Waals surface area contributed by atoms with Gasteiger partial charge in [-0.25, -0.2) is 0 Å². The van der Waals surface area contributed by atoms with Crippen LogP contribution < -0.4 is 0 Å². The average Bonchev–Trinajstić information content (AvgIpc) is 0. The SMILES string of the molecule is O.O.O.O.O.O.[Ca+2].[H-].[H-].[HH]. The van der Waals surface area contributed by atoms with Gasteiger partial charge in [-0.1, -0.05) is 0 Å². The Bertz CT molecular complexity index is 13.0. The molecule has 12 N–H and O–H groups in total. The van der Waals surface area contributed by atoms with Crippen molar-refractivity contribution in [3.63, 3.8) is 0 Å². The van der Waals surface area contributed by atoms with Gasteiger partial charge < -0.3 is 35.7 Å². The van der Waals surface area contributed by atoms with Gasteiger partial charge in [0.25, 0.3) is 0 Å². The van der Waals surface area contributed by atoms with Gasteiger partial charge >= 0.3 is 37.7 Å². The summed E-state index contributed by atoms with van der Waals surface area (Å²) in [4.78, 5) is 0. The third kappa shape index (κ3) is 170. The predicted octanol–water partition coefficient (Wildman–Crippen LogP) is -4.86. The van der Waals surface area contributed by atoms with E-state index in [-0.39, 0.29) is 74.9 Å². The van der Waals surface area contributed by atoms with Crippen LogP contribution in [0.4, 0.5) is 0 Å². The largest absolute Gasteiger partial charge is 2.00 e. The summed E-state index contributed by atoms with van der Waals surface area (Å²) in [7, 11) is 0. The quantitative estimate of drug-likeness (QED) is 0.301. The van der Waals surface area contributed by atoms with Gasteiger partial charge in [0.05, 0.1) is 0 Å². The first kappa shape index (κ1) is 380. The Kier molecular flexibility index (Phi) is 13300. The Morgan fingerprint density at radius 1 is 0.571 bits per heavy atom. The summed E-state index contributed by atoms with van der Waals surface area (Å²) in [6, 6.07) is 0. The zero-order valence-corrected chi connectivity index (χ0v) is 5.92. The van der Waals surface area contributed by atoms with E-state index in [2.05, 4.69) is 0 Å². The van der Waals surface area contributed by atoms with Crippen LogP contribution in [0.25, 0.3) is 0 Å². The Morgan fingerprint density at radius 3 is 0.571 bits per heavy atom. The molecule has 0 aliphatic heterocycles. The number of hydrogen-bond acceptors (Lipinski definition) is 0. The maximum absolute atomic E-state index is 0. The normalized spacial score (nSPS) is 0. The molecule has 0 heterocycles. The van der Waals surface area contributed by atoms with Crippen molar-refractivity contribution in [2.45, 2.75) is 0 Å². The van der Waals surface area contributed by atoms with Crippen LogP contribution in [0.2, 0.25) is 0 Å². The maximum atomic E-state index is 0. The van der Waals surface area contributed by atoms with E-state index in [4.69, 9.17) is 0 Å². The molecule has 0 aliphatic carbocycles. The van der Waals surface area contributed by atoms with Gasteiger partial charge in [-0.3, -0.25) is 0 Å². The van der Waals surface area contributed by atoms with Crippen molar-refractivity contribution in [3.05, 3.63) is 0 Å². The van der Waals surface area contributed by atoms with Crippen molar-refractivity contribution in [2.24, 2.45) is 0 Å². The van der Waals surface area contributed by atoms with Crippen molar-refractivity contribution < 1.29 is 37.1 Å². The predicted molar refractivity (Wildman–Crippen MR) is 31.8 cm³/mol. The van der Waals surface area contributed by atoms with E-state index < -0.39 is 0 Å². The molecule has 0 aliphatic rings. The van der Waals surface area contributed by atoms with E-state index in [1.54, 1.807) is 0 Å². The Morgan fingerprint density at radius 2 is 0.571 bits per heavy atom. The van der Waals surface area contributed by atoms with Crippen molar-refractivity contribution >= 4 is 37.7 Å². The monoisotopic (exact) mass is 152 g/mol. The van der Waals surface area contributed by atoms with Gasteiger partial charge in [-0.15, -0.1) is 0 Å². The zero-order valence-electron chi connectivity index (χ0n) is 5.71. The molecule has 0 spiro atoms. The Labute approximate surface area is 74.8 Å². The van der Waals surface area contributed by atoms with Gasteiger partial charge in [0, 0.05) is 1.43 Å². The smallest absolute Gasteiger partial charge is 1.00 e. The minimum Gasteiger partial charge on any atom is -1.00 e. The van der Waals surface area contributed by atoms with Crippen LogP contribution in [0.3, 0.4) is 0 Å². The van der Waals surface area contributed by atoms with E-state index in [0.29, 0.717) is 0 Å². The van der Waals surface area contributed by atoms with E-state index in [9.17, 15) is 0 Å². The maximum Gasteiger partial charge on any atom is 2.00 e. The van der Waals surface area contributed by atoms with E-state index >= 15 is 0 Å². The number of hydrogen-bond donors (Lipinski definition) is 0. The molecule has 0 aromatic rings. The van der Waals surface area contributed by atoms with Crippen LogP contribution in [-0.2, 0) is 0 Å². The molecule has 7 heteroatoms.